The molecular formula is C15H14F3N3O2. The smallest absolute Gasteiger partial charge is 0.372 e. The highest BCUT2D eigenvalue weighted by Crippen LogP contribution is 2.31. The molecule has 8 heteroatoms. The van der Waals surface area contributed by atoms with Gasteiger partial charge in [-0.15, -0.1) is 0 Å². The van der Waals surface area contributed by atoms with Crippen molar-refractivity contribution in [2.45, 2.75) is 25.9 Å². The number of halogens is 3. The number of aromatic nitrogens is 2. The summed E-state index contributed by atoms with van der Waals surface area (Å²) in [6, 6.07) is 5.16. The minimum atomic E-state index is -4.45. The van der Waals surface area contributed by atoms with Crippen molar-refractivity contribution in [2.24, 2.45) is 0 Å². The number of alkyl halides is 3. The van der Waals surface area contributed by atoms with Crippen LogP contribution in [0.3, 0.4) is 0 Å². The van der Waals surface area contributed by atoms with Gasteiger partial charge in [-0.25, -0.2) is 4.98 Å². The highest BCUT2D eigenvalue weighted by atomic mass is 19.4. The molecule has 0 unspecified atom stereocenters. The molecule has 1 aromatic heterocycles. The van der Waals surface area contributed by atoms with Crippen molar-refractivity contribution < 1.29 is 22.7 Å². The van der Waals surface area contributed by atoms with Crippen LogP contribution in [0.1, 0.15) is 27.4 Å². The van der Waals surface area contributed by atoms with Crippen LogP contribution in [-0.2, 0) is 30.6 Å². The Balaban J connectivity index is 1.71. The monoisotopic (exact) mass is 325 g/mol. The van der Waals surface area contributed by atoms with Gasteiger partial charge in [0.25, 0.3) is 5.91 Å². The topological polar surface area (TPSA) is 56.2 Å². The molecule has 0 radical (unpaired) electrons. The van der Waals surface area contributed by atoms with E-state index in [-0.39, 0.29) is 17.8 Å². The first-order valence-electron chi connectivity index (χ1n) is 7.02. The van der Waals surface area contributed by atoms with Crippen molar-refractivity contribution in [1.29, 1.82) is 0 Å². The number of carbonyl (C=O) groups excluding carboxylic acids is 1. The summed E-state index contributed by atoms with van der Waals surface area (Å²) in [4.78, 5) is 16.2. The van der Waals surface area contributed by atoms with Crippen LogP contribution in [0.4, 0.5) is 13.2 Å². The molecular weight excluding hydrogens is 311 g/mol. The first kappa shape index (κ1) is 15.5. The van der Waals surface area contributed by atoms with E-state index in [4.69, 9.17) is 4.74 Å². The lowest BCUT2D eigenvalue weighted by atomic mass is 10.1. The van der Waals surface area contributed by atoms with Gasteiger partial charge in [0.15, 0.2) is 0 Å². The summed E-state index contributed by atoms with van der Waals surface area (Å²) in [6.45, 7) is 1.26. The molecule has 23 heavy (non-hydrogen) atoms. The maximum Gasteiger partial charge on any atom is 0.416 e. The van der Waals surface area contributed by atoms with Crippen LogP contribution in [0.15, 0.2) is 30.5 Å². The van der Waals surface area contributed by atoms with Crippen LogP contribution in [-0.4, -0.2) is 22.1 Å². The molecule has 2 heterocycles. The lowest BCUT2D eigenvalue weighted by molar-refractivity contribution is -0.138. The summed E-state index contributed by atoms with van der Waals surface area (Å²) in [6.07, 6.45) is -2.87. The van der Waals surface area contributed by atoms with Gasteiger partial charge in [0.2, 0.25) is 0 Å². The second-order valence-corrected chi connectivity index (χ2v) is 5.13. The molecule has 5 nitrogen and oxygen atoms in total. The molecule has 0 saturated heterocycles. The van der Waals surface area contributed by atoms with Gasteiger partial charge in [0.1, 0.15) is 18.1 Å². The van der Waals surface area contributed by atoms with Crippen LogP contribution in [0.25, 0.3) is 0 Å². The van der Waals surface area contributed by atoms with E-state index in [2.05, 4.69) is 10.3 Å². The average Bonchev–Trinajstić information content (AvgIpc) is 2.96. The zero-order valence-electron chi connectivity index (χ0n) is 12.1. The average molecular weight is 325 g/mol. The number of hydrogen-bond donors (Lipinski definition) is 1. The molecule has 1 N–H and O–H groups in total. The zero-order chi connectivity index (χ0) is 16.4. The van der Waals surface area contributed by atoms with Crippen molar-refractivity contribution in [3.05, 3.63) is 53.1 Å². The van der Waals surface area contributed by atoms with E-state index in [1.54, 1.807) is 6.20 Å². The standard InChI is InChI=1S/C15H14F3N3O2/c16-15(17,18)11-4-2-1-3-10(11)7-19-14(22)12-8-21-5-6-23-9-13(21)20-12/h1-4,8H,5-7,9H2,(H,19,22). The summed E-state index contributed by atoms with van der Waals surface area (Å²) in [5.74, 6) is 0.126. The van der Waals surface area contributed by atoms with Crippen LogP contribution in [0, 0.1) is 0 Å². The van der Waals surface area contributed by atoms with Gasteiger partial charge in [-0.2, -0.15) is 13.2 Å². The molecule has 1 aromatic carbocycles. The Bertz CT molecular complexity index is 701. The van der Waals surface area contributed by atoms with E-state index < -0.39 is 17.6 Å². The number of nitrogens with zero attached hydrogens (tertiary/aromatic N) is 2. The van der Waals surface area contributed by atoms with Crippen LogP contribution < -0.4 is 5.32 Å². The maximum absolute atomic E-state index is 12.9. The Labute approximate surface area is 130 Å². The van der Waals surface area contributed by atoms with Crippen molar-refractivity contribution >= 4 is 5.91 Å². The molecule has 3 rings (SSSR count). The number of nitrogens with one attached hydrogen (secondary N) is 1. The first-order valence-corrected chi connectivity index (χ1v) is 7.02. The molecule has 1 aliphatic rings. The van der Waals surface area contributed by atoms with Gasteiger partial charge in [0, 0.05) is 19.3 Å². The second-order valence-electron chi connectivity index (χ2n) is 5.13. The summed E-state index contributed by atoms with van der Waals surface area (Å²) >= 11 is 0. The van der Waals surface area contributed by atoms with E-state index in [1.807, 2.05) is 4.57 Å². The quantitative estimate of drug-likeness (QED) is 0.942. The van der Waals surface area contributed by atoms with E-state index in [9.17, 15) is 18.0 Å². The minimum Gasteiger partial charge on any atom is -0.372 e. The van der Waals surface area contributed by atoms with Gasteiger partial charge in [-0.3, -0.25) is 4.79 Å². The Morgan fingerprint density at radius 3 is 2.87 bits per heavy atom. The summed E-state index contributed by atoms with van der Waals surface area (Å²) in [7, 11) is 0. The van der Waals surface area contributed by atoms with Gasteiger partial charge in [-0.1, -0.05) is 18.2 Å². The largest absolute Gasteiger partial charge is 0.416 e. The molecule has 122 valence electrons. The highest BCUT2D eigenvalue weighted by Gasteiger charge is 2.32. The lowest BCUT2D eigenvalue weighted by Gasteiger charge is -2.13. The lowest BCUT2D eigenvalue weighted by Crippen LogP contribution is -2.24. The highest BCUT2D eigenvalue weighted by molar-refractivity contribution is 5.92. The fourth-order valence-corrected chi connectivity index (χ4v) is 2.42. The molecule has 1 aliphatic heterocycles. The van der Waals surface area contributed by atoms with Crippen molar-refractivity contribution in [3.8, 4) is 0 Å². The third-order valence-electron chi connectivity index (χ3n) is 3.56. The van der Waals surface area contributed by atoms with Crippen LogP contribution in [0.5, 0.6) is 0 Å². The number of rotatable bonds is 3. The third-order valence-corrected chi connectivity index (χ3v) is 3.56. The van der Waals surface area contributed by atoms with Gasteiger partial charge in [-0.05, 0) is 11.6 Å². The number of fused-ring (bicyclic) bond motifs is 1. The second kappa shape index (κ2) is 6.04. The summed E-state index contributed by atoms with van der Waals surface area (Å²) in [5, 5.41) is 2.48. The third kappa shape index (κ3) is 3.37. The molecule has 0 bridgehead atoms. The van der Waals surface area contributed by atoms with Crippen LogP contribution in [0.2, 0.25) is 0 Å². The maximum atomic E-state index is 12.9. The summed E-state index contributed by atoms with van der Waals surface area (Å²) in [5.41, 5.74) is -0.562. The Hall–Kier alpha value is -2.35. The fourth-order valence-electron chi connectivity index (χ4n) is 2.42. The Morgan fingerprint density at radius 1 is 1.35 bits per heavy atom. The van der Waals surface area contributed by atoms with E-state index in [0.29, 0.717) is 25.6 Å². The number of amides is 1. The molecule has 0 spiro atoms. The van der Waals surface area contributed by atoms with Crippen molar-refractivity contribution in [3.63, 3.8) is 0 Å². The SMILES string of the molecule is O=C(NCc1ccccc1C(F)(F)F)c1cn2c(n1)COCC2. The van der Waals surface area contributed by atoms with Crippen molar-refractivity contribution in [1.82, 2.24) is 14.9 Å². The predicted molar refractivity (Wildman–Crippen MR) is 74.5 cm³/mol. The predicted octanol–water partition coefficient (Wildman–Crippen LogP) is 2.36. The minimum absolute atomic E-state index is 0.0145. The number of imidazole rings is 1. The van der Waals surface area contributed by atoms with E-state index in [0.717, 1.165) is 6.07 Å². The molecule has 0 fully saturated rings. The van der Waals surface area contributed by atoms with E-state index >= 15 is 0 Å². The van der Waals surface area contributed by atoms with Gasteiger partial charge < -0.3 is 14.6 Å². The molecule has 0 atom stereocenters. The molecule has 0 aliphatic carbocycles. The van der Waals surface area contributed by atoms with E-state index in [1.165, 1.54) is 18.2 Å². The normalized spacial score (nSPS) is 14.4. The molecule has 0 saturated carbocycles. The molecule has 2 aromatic rings. The van der Waals surface area contributed by atoms with Gasteiger partial charge >= 0.3 is 6.18 Å². The number of benzene rings is 1. The number of ether oxygens (including phenoxy) is 1. The van der Waals surface area contributed by atoms with Crippen LogP contribution >= 0.6 is 0 Å². The number of carbonyl (C=O) groups is 1. The fraction of sp³-hybridized carbons (Fsp3) is 0.333. The number of hydrogen-bond acceptors (Lipinski definition) is 3. The van der Waals surface area contributed by atoms with Gasteiger partial charge in [0.05, 0.1) is 12.2 Å². The summed E-state index contributed by atoms with van der Waals surface area (Å²) < 4.78 is 45.8. The Morgan fingerprint density at radius 2 is 2.13 bits per heavy atom. The zero-order valence-corrected chi connectivity index (χ0v) is 12.1. The first-order chi connectivity index (χ1) is 10.9. The molecule has 1 amide bonds. The Kier molecular flexibility index (Phi) is 4.08. The van der Waals surface area contributed by atoms with Crippen molar-refractivity contribution in [2.75, 3.05) is 6.61 Å².